The predicted molar refractivity (Wildman–Crippen MR) is 99.4 cm³/mol. The van der Waals surface area contributed by atoms with Crippen LogP contribution in [0, 0.1) is 0 Å². The van der Waals surface area contributed by atoms with E-state index in [4.69, 9.17) is 9.47 Å². The Bertz CT molecular complexity index is 858. The van der Waals surface area contributed by atoms with Crippen LogP contribution in [0.25, 0.3) is 11.3 Å². The second kappa shape index (κ2) is 8.24. The molecule has 7 heteroatoms. The van der Waals surface area contributed by atoms with Gasteiger partial charge in [-0.05, 0) is 43.2 Å². The lowest BCUT2D eigenvalue weighted by atomic mass is 10.1. The quantitative estimate of drug-likeness (QED) is 0.700. The molecule has 0 fully saturated rings. The largest absolute Gasteiger partial charge is 0.493 e. The zero-order chi connectivity index (χ0) is 18.4. The standard InChI is InChI=1S/C19H21N5O2/c1-13(9-14-5-4-8-20-11-14)22-19-23-16(12-21-24-19)15-6-7-17(25-2)18(10-15)26-3/h4-8,10-13H,9H2,1-3H3,(H,22,23,24)/t13-/m0/s1. The maximum absolute atomic E-state index is 5.35. The Labute approximate surface area is 152 Å². The lowest BCUT2D eigenvalue weighted by Gasteiger charge is -2.14. The maximum Gasteiger partial charge on any atom is 0.243 e. The molecule has 2 heterocycles. The molecule has 0 amide bonds. The highest BCUT2D eigenvalue weighted by molar-refractivity contribution is 5.64. The van der Waals surface area contributed by atoms with Crippen LogP contribution in [0.1, 0.15) is 12.5 Å². The summed E-state index contributed by atoms with van der Waals surface area (Å²) in [4.78, 5) is 8.69. The van der Waals surface area contributed by atoms with Gasteiger partial charge in [0.05, 0.1) is 26.1 Å². The molecule has 1 atom stereocenters. The van der Waals surface area contributed by atoms with E-state index >= 15 is 0 Å². The predicted octanol–water partition coefficient (Wildman–Crippen LogP) is 2.99. The minimum Gasteiger partial charge on any atom is -0.493 e. The zero-order valence-electron chi connectivity index (χ0n) is 15.0. The second-order valence-corrected chi connectivity index (χ2v) is 5.85. The van der Waals surface area contributed by atoms with E-state index < -0.39 is 0 Å². The Kier molecular flexibility index (Phi) is 5.58. The zero-order valence-corrected chi connectivity index (χ0v) is 15.0. The van der Waals surface area contributed by atoms with Crippen molar-refractivity contribution in [2.24, 2.45) is 0 Å². The summed E-state index contributed by atoms with van der Waals surface area (Å²) in [6.45, 7) is 2.07. The van der Waals surface area contributed by atoms with Gasteiger partial charge in [0, 0.05) is 24.0 Å². The van der Waals surface area contributed by atoms with Crippen molar-refractivity contribution in [1.29, 1.82) is 0 Å². The fourth-order valence-corrected chi connectivity index (χ4v) is 2.64. The number of aromatic nitrogens is 4. The van der Waals surface area contributed by atoms with E-state index in [1.165, 1.54) is 0 Å². The lowest BCUT2D eigenvalue weighted by molar-refractivity contribution is 0.355. The Hall–Kier alpha value is -3.22. The fraction of sp³-hybridized carbons (Fsp3) is 0.263. The maximum atomic E-state index is 5.35. The first-order chi connectivity index (χ1) is 12.7. The Morgan fingerprint density at radius 2 is 1.92 bits per heavy atom. The van der Waals surface area contributed by atoms with Gasteiger partial charge in [-0.25, -0.2) is 4.98 Å². The van der Waals surface area contributed by atoms with Crippen LogP contribution in [-0.4, -0.2) is 40.4 Å². The van der Waals surface area contributed by atoms with Gasteiger partial charge in [-0.1, -0.05) is 6.07 Å². The van der Waals surface area contributed by atoms with Gasteiger partial charge in [0.2, 0.25) is 5.95 Å². The number of nitrogens with one attached hydrogen (secondary N) is 1. The Morgan fingerprint density at radius 1 is 1.08 bits per heavy atom. The molecule has 1 N–H and O–H groups in total. The molecular weight excluding hydrogens is 330 g/mol. The minimum atomic E-state index is 0.140. The molecular formula is C19H21N5O2. The first kappa shape index (κ1) is 17.6. The van der Waals surface area contributed by atoms with Crippen molar-refractivity contribution in [3.63, 3.8) is 0 Å². The molecule has 0 spiro atoms. The molecule has 26 heavy (non-hydrogen) atoms. The molecule has 0 aliphatic rings. The van der Waals surface area contributed by atoms with Crippen molar-refractivity contribution in [2.75, 3.05) is 19.5 Å². The minimum absolute atomic E-state index is 0.140. The SMILES string of the molecule is COc1ccc(-c2cnnc(N[C@@H](C)Cc3cccnc3)n2)cc1OC. The number of anilines is 1. The highest BCUT2D eigenvalue weighted by Gasteiger charge is 2.10. The number of ether oxygens (including phenoxy) is 2. The van der Waals surface area contributed by atoms with E-state index in [9.17, 15) is 0 Å². The van der Waals surface area contributed by atoms with Crippen molar-refractivity contribution in [2.45, 2.75) is 19.4 Å². The summed E-state index contributed by atoms with van der Waals surface area (Å²) in [6, 6.07) is 9.73. The number of methoxy groups -OCH3 is 2. The van der Waals surface area contributed by atoms with E-state index in [2.05, 4.69) is 32.4 Å². The van der Waals surface area contributed by atoms with Crippen LogP contribution in [0.3, 0.4) is 0 Å². The van der Waals surface area contributed by atoms with Gasteiger partial charge < -0.3 is 14.8 Å². The fourth-order valence-electron chi connectivity index (χ4n) is 2.64. The summed E-state index contributed by atoms with van der Waals surface area (Å²) in [5.41, 5.74) is 2.73. The number of nitrogens with zero attached hydrogens (tertiary/aromatic N) is 4. The van der Waals surface area contributed by atoms with Crippen LogP contribution in [0.5, 0.6) is 11.5 Å². The van der Waals surface area contributed by atoms with Crippen LogP contribution in [0.4, 0.5) is 5.95 Å². The first-order valence-corrected chi connectivity index (χ1v) is 8.27. The molecule has 3 aromatic rings. The first-order valence-electron chi connectivity index (χ1n) is 8.27. The summed E-state index contributed by atoms with van der Waals surface area (Å²) >= 11 is 0. The molecule has 0 aliphatic carbocycles. The molecule has 0 bridgehead atoms. The third-order valence-electron chi connectivity index (χ3n) is 3.88. The third-order valence-corrected chi connectivity index (χ3v) is 3.88. The van der Waals surface area contributed by atoms with Crippen LogP contribution in [0.15, 0.2) is 48.9 Å². The van der Waals surface area contributed by atoms with Gasteiger partial charge in [-0.3, -0.25) is 4.98 Å². The topological polar surface area (TPSA) is 82.1 Å². The average molecular weight is 351 g/mol. The van der Waals surface area contributed by atoms with Crippen LogP contribution in [0.2, 0.25) is 0 Å². The summed E-state index contributed by atoms with van der Waals surface area (Å²) in [6.07, 6.45) is 6.06. The van der Waals surface area contributed by atoms with Gasteiger partial charge in [0.25, 0.3) is 0 Å². The molecule has 0 saturated carbocycles. The second-order valence-electron chi connectivity index (χ2n) is 5.85. The van der Waals surface area contributed by atoms with Crippen molar-refractivity contribution < 1.29 is 9.47 Å². The van der Waals surface area contributed by atoms with Crippen LogP contribution in [-0.2, 0) is 6.42 Å². The van der Waals surface area contributed by atoms with E-state index in [0.29, 0.717) is 23.1 Å². The van der Waals surface area contributed by atoms with E-state index in [1.54, 1.807) is 26.6 Å². The normalized spacial score (nSPS) is 11.7. The van der Waals surface area contributed by atoms with E-state index in [1.807, 2.05) is 36.5 Å². The average Bonchev–Trinajstić information content (AvgIpc) is 2.68. The molecule has 0 unspecified atom stereocenters. The smallest absolute Gasteiger partial charge is 0.243 e. The molecule has 2 aromatic heterocycles. The van der Waals surface area contributed by atoms with Gasteiger partial charge >= 0.3 is 0 Å². The number of benzene rings is 1. The number of pyridine rings is 1. The Balaban J connectivity index is 1.76. The highest BCUT2D eigenvalue weighted by Crippen LogP contribution is 2.31. The van der Waals surface area contributed by atoms with Crippen LogP contribution < -0.4 is 14.8 Å². The molecule has 1 aromatic carbocycles. The lowest BCUT2D eigenvalue weighted by Crippen LogP contribution is -2.20. The van der Waals surface area contributed by atoms with Gasteiger partial charge in [-0.15, -0.1) is 5.10 Å². The molecule has 0 saturated heterocycles. The van der Waals surface area contributed by atoms with E-state index in [-0.39, 0.29) is 6.04 Å². The Morgan fingerprint density at radius 3 is 2.65 bits per heavy atom. The molecule has 0 aliphatic heterocycles. The monoisotopic (exact) mass is 351 g/mol. The van der Waals surface area contributed by atoms with Crippen molar-refractivity contribution >= 4 is 5.95 Å². The summed E-state index contributed by atoms with van der Waals surface area (Å²) in [7, 11) is 3.21. The van der Waals surface area contributed by atoms with Gasteiger partial charge in [-0.2, -0.15) is 5.10 Å². The van der Waals surface area contributed by atoms with E-state index in [0.717, 1.165) is 17.5 Å². The van der Waals surface area contributed by atoms with Crippen molar-refractivity contribution in [3.05, 3.63) is 54.5 Å². The third kappa shape index (κ3) is 4.24. The van der Waals surface area contributed by atoms with Gasteiger partial charge in [0.1, 0.15) is 0 Å². The highest BCUT2D eigenvalue weighted by atomic mass is 16.5. The summed E-state index contributed by atoms with van der Waals surface area (Å²) in [5, 5.41) is 11.4. The molecule has 0 radical (unpaired) electrons. The molecule has 3 rings (SSSR count). The number of rotatable bonds is 7. The molecule has 7 nitrogen and oxygen atoms in total. The summed E-state index contributed by atoms with van der Waals surface area (Å²) in [5.74, 6) is 1.79. The summed E-state index contributed by atoms with van der Waals surface area (Å²) < 4.78 is 10.6. The van der Waals surface area contributed by atoms with Gasteiger partial charge in [0.15, 0.2) is 11.5 Å². The van der Waals surface area contributed by atoms with Crippen molar-refractivity contribution in [1.82, 2.24) is 20.2 Å². The number of hydrogen-bond acceptors (Lipinski definition) is 7. The van der Waals surface area contributed by atoms with Crippen LogP contribution >= 0.6 is 0 Å². The molecule has 134 valence electrons. The van der Waals surface area contributed by atoms with Crippen molar-refractivity contribution in [3.8, 4) is 22.8 Å². The number of hydrogen-bond donors (Lipinski definition) is 1.